The molecule has 0 saturated carbocycles. The molecule has 0 amide bonds. The molecule has 4 nitrogen and oxygen atoms in total. The van der Waals surface area contributed by atoms with Crippen LogP contribution in [0.25, 0.3) is 77.5 Å². The molecule has 0 spiro atoms. The highest BCUT2D eigenvalue weighted by Crippen LogP contribution is 2.39. The first-order chi connectivity index (χ1) is 25.5. The van der Waals surface area contributed by atoms with Gasteiger partial charge in [-0.05, 0) is 40.9 Å². The molecule has 0 bridgehead atoms. The third-order valence-corrected chi connectivity index (χ3v) is 6.09. The fourth-order valence-electron chi connectivity index (χ4n) is 4.40. The van der Waals surface area contributed by atoms with Gasteiger partial charge in [0.15, 0.2) is 5.58 Å². The maximum absolute atomic E-state index is 9.36. The Balaban J connectivity index is 1.43. The summed E-state index contributed by atoms with van der Waals surface area (Å²) in [5, 5.41) is -0.173. The number of furan rings is 2. The first kappa shape index (κ1) is 10.6. The van der Waals surface area contributed by atoms with Gasteiger partial charge < -0.3 is 8.83 Å². The molecule has 0 aliphatic carbocycles. The monoisotopic (exact) mass is 504 g/mol. The van der Waals surface area contributed by atoms with Crippen LogP contribution in [0.15, 0.2) is 130 Å². The van der Waals surface area contributed by atoms with Gasteiger partial charge in [-0.25, -0.2) is 9.97 Å². The van der Waals surface area contributed by atoms with Crippen LogP contribution in [-0.2, 0) is 0 Å². The molecule has 0 fully saturated rings. The smallest absolute Gasteiger partial charge is 0.180 e. The van der Waals surface area contributed by atoms with Crippen LogP contribution in [0, 0.1) is 0 Å². The topological polar surface area (TPSA) is 52.1 Å². The van der Waals surface area contributed by atoms with Gasteiger partial charge in [-0.15, -0.1) is 0 Å². The quantitative estimate of drug-likeness (QED) is 0.241. The zero-order chi connectivity index (χ0) is 39.0. The van der Waals surface area contributed by atoms with E-state index in [4.69, 9.17) is 29.4 Å². The fourth-order valence-corrected chi connectivity index (χ4v) is 4.40. The van der Waals surface area contributed by atoms with Gasteiger partial charge in [0.25, 0.3) is 0 Å². The largest absolute Gasteiger partial charge is 0.455 e. The van der Waals surface area contributed by atoms with Crippen molar-refractivity contribution in [3.63, 3.8) is 0 Å². The van der Waals surface area contributed by atoms with Gasteiger partial charge in [0.2, 0.25) is 0 Å². The first-order valence-electron chi connectivity index (χ1n) is 19.3. The van der Waals surface area contributed by atoms with Crippen molar-refractivity contribution in [3.8, 4) is 33.5 Å². The Morgan fingerprint density at radius 1 is 0.553 bits per heavy atom. The van der Waals surface area contributed by atoms with Gasteiger partial charge in [-0.3, -0.25) is 0 Å². The summed E-state index contributed by atoms with van der Waals surface area (Å²) in [6.07, 6.45) is 1.10. The Morgan fingerprint density at radius 2 is 1.32 bits per heavy atom. The normalized spacial score (nSPS) is 17.6. The summed E-state index contributed by atoms with van der Waals surface area (Å²) in [6, 6.07) is -5.01. The van der Waals surface area contributed by atoms with Crippen LogP contribution in [0.3, 0.4) is 0 Å². The molecule has 5 aromatic carbocycles. The first-order valence-corrected chi connectivity index (χ1v) is 11.3. The summed E-state index contributed by atoms with van der Waals surface area (Å²) in [6.45, 7) is 0. The molecule has 4 heteroatoms. The predicted octanol–water partition coefficient (Wildman–Crippen LogP) is 9.28. The molecule has 8 rings (SSSR count). The van der Waals surface area contributed by atoms with E-state index in [-0.39, 0.29) is 61.0 Å². The van der Waals surface area contributed by atoms with E-state index in [1.807, 2.05) is 0 Å². The van der Waals surface area contributed by atoms with Crippen molar-refractivity contribution in [2.24, 2.45) is 0 Å². The summed E-state index contributed by atoms with van der Waals surface area (Å²) in [4.78, 5) is 8.62. The number of fused-ring (bicyclic) bond motifs is 6. The van der Waals surface area contributed by atoms with Crippen LogP contribution in [-0.4, -0.2) is 9.97 Å². The third-order valence-electron chi connectivity index (χ3n) is 6.09. The van der Waals surface area contributed by atoms with Gasteiger partial charge in [0.05, 0.1) is 21.9 Å². The van der Waals surface area contributed by atoms with Crippen molar-refractivity contribution in [1.82, 2.24) is 9.97 Å². The minimum atomic E-state index is -0.711. The van der Waals surface area contributed by atoms with Crippen LogP contribution in [0.4, 0.5) is 0 Å². The average Bonchev–Trinajstić information content (AvgIpc) is 3.74. The van der Waals surface area contributed by atoms with Gasteiger partial charge in [0.1, 0.15) is 34.3 Å². The highest BCUT2D eigenvalue weighted by atomic mass is 16.3. The molecule has 8 aromatic rings. The number of hydrogen-bond acceptors (Lipinski definition) is 4. The molecule has 0 aliphatic rings. The van der Waals surface area contributed by atoms with Gasteiger partial charge in [0, 0.05) is 27.3 Å². The van der Waals surface area contributed by atoms with E-state index in [9.17, 15) is 1.37 Å². The van der Waals surface area contributed by atoms with Crippen molar-refractivity contribution in [1.29, 1.82) is 0 Å². The van der Waals surface area contributed by atoms with Crippen LogP contribution in [0.2, 0.25) is 0 Å². The van der Waals surface area contributed by atoms with Crippen molar-refractivity contribution in [3.05, 3.63) is 121 Å². The van der Waals surface area contributed by atoms with E-state index in [1.54, 1.807) is 0 Å². The van der Waals surface area contributed by atoms with E-state index in [0.717, 1.165) is 6.33 Å². The lowest BCUT2D eigenvalue weighted by Gasteiger charge is -2.06. The van der Waals surface area contributed by atoms with Gasteiger partial charge >= 0.3 is 0 Å². The van der Waals surface area contributed by atoms with E-state index in [0.29, 0.717) is 5.39 Å². The Hall–Kier alpha value is -5.22. The molecule has 0 aliphatic heterocycles. The summed E-state index contributed by atoms with van der Waals surface area (Å²) in [5.74, 6) is 0. The zero-order valence-electron chi connectivity index (χ0n) is 35.0. The van der Waals surface area contributed by atoms with E-state index >= 15 is 0 Å². The van der Waals surface area contributed by atoms with Gasteiger partial charge in [-0.2, -0.15) is 0 Å². The van der Waals surface area contributed by atoms with Crippen molar-refractivity contribution in [2.45, 2.75) is 0 Å². The van der Waals surface area contributed by atoms with E-state index < -0.39 is 108 Å². The number of para-hydroxylation sites is 2. The van der Waals surface area contributed by atoms with E-state index in [2.05, 4.69) is 9.97 Å². The molecule has 0 atom stereocenters. The van der Waals surface area contributed by atoms with Crippen LogP contribution < -0.4 is 0 Å². The van der Waals surface area contributed by atoms with Gasteiger partial charge in [-0.1, -0.05) is 90.7 Å². The fraction of sp³-hybridized carbons (Fsp3) is 0. The number of aromatic nitrogens is 2. The SMILES string of the molecule is [2H]c1c([2H])c([2H])c(-c2ccc3oc4c(-c5c([2H])c([2H])c([2H])c(-c6c([2H])c([2H])c([2H])c7c6oc6c([2H])c([2H])c([2H])c([2H])c67)c5[2H])ncnc4c3c2)c([2H])c1[2H]. The number of rotatable bonds is 3. The Kier molecular flexibility index (Phi) is 2.28. The molecule has 38 heavy (non-hydrogen) atoms. The lowest BCUT2D eigenvalue weighted by Crippen LogP contribution is -1.88. The molecular weight excluding hydrogens is 468 g/mol. The summed E-state index contributed by atoms with van der Waals surface area (Å²) < 4.78 is 148. The second-order valence-corrected chi connectivity index (χ2v) is 8.22. The zero-order valence-corrected chi connectivity index (χ0v) is 19.0. The molecule has 3 heterocycles. The molecule has 0 N–H and O–H groups in total. The highest BCUT2D eigenvalue weighted by molar-refractivity contribution is 6.10. The number of hydrogen-bond donors (Lipinski definition) is 0. The molecule has 178 valence electrons. The van der Waals surface area contributed by atoms with Crippen LogP contribution >= 0.6 is 0 Å². The molecular formula is C34H20N2O2. The molecule has 0 saturated heterocycles. The predicted molar refractivity (Wildman–Crippen MR) is 153 cm³/mol. The number of nitrogens with zero attached hydrogens (tertiary/aromatic N) is 2. The molecule has 0 radical (unpaired) electrons. The Bertz CT molecular complexity index is 3000. The third kappa shape index (κ3) is 3.17. The maximum atomic E-state index is 9.36. The number of benzene rings is 5. The summed E-state index contributed by atoms with van der Waals surface area (Å²) in [5.41, 5.74) is -1.66. The highest BCUT2D eigenvalue weighted by Gasteiger charge is 2.17. The average molecular weight is 505 g/mol. The molecule has 3 aromatic heterocycles. The summed E-state index contributed by atoms with van der Waals surface area (Å²) >= 11 is 0. The second kappa shape index (κ2) is 8.15. The minimum Gasteiger partial charge on any atom is -0.455 e. The van der Waals surface area contributed by atoms with Crippen molar-refractivity contribution >= 4 is 44.0 Å². The van der Waals surface area contributed by atoms with Crippen molar-refractivity contribution in [2.75, 3.05) is 0 Å². The Morgan fingerprint density at radius 3 is 2.26 bits per heavy atom. The maximum Gasteiger partial charge on any atom is 0.180 e. The van der Waals surface area contributed by atoms with Crippen molar-refractivity contribution < 1.29 is 30.8 Å². The second-order valence-electron chi connectivity index (χ2n) is 8.22. The van der Waals surface area contributed by atoms with Crippen LogP contribution in [0.5, 0.6) is 0 Å². The summed E-state index contributed by atoms with van der Waals surface area (Å²) in [7, 11) is 0. The Labute approximate surface area is 240 Å². The lowest BCUT2D eigenvalue weighted by molar-refractivity contribution is 0.667. The standard InChI is InChI=1S/C34H20N2O2/c1-2-8-21(9-3-1)22-16-17-30-28(19-22)32-34(38-30)31(35-20-36-32)24-11-6-10-23(18-24)25-13-7-14-27-26-12-4-5-15-29(26)37-33(25)27/h1-20H/i1D,2D,3D,4D,5D,6D,7D,8D,9D,10D,11D,12D,13D,14D,15D,18D. The lowest BCUT2D eigenvalue weighted by atomic mass is 9.99. The molecule has 0 unspecified atom stereocenters. The van der Waals surface area contributed by atoms with Crippen LogP contribution in [0.1, 0.15) is 21.9 Å². The van der Waals surface area contributed by atoms with E-state index in [1.165, 1.54) is 18.2 Å². The minimum absolute atomic E-state index is 0.0634.